The molecule has 0 saturated carbocycles. The molecular weight excluding hydrogens is 400 g/mol. The molecule has 3 aromatic rings. The average Bonchev–Trinajstić information content (AvgIpc) is 3.13. The summed E-state index contributed by atoms with van der Waals surface area (Å²) in [7, 11) is -1.92. The largest absolute Gasteiger partial charge is 0.337 e. The van der Waals surface area contributed by atoms with Gasteiger partial charge in [-0.15, -0.1) is 0 Å². The lowest BCUT2D eigenvalue weighted by Crippen LogP contribution is -2.53. The summed E-state index contributed by atoms with van der Waals surface area (Å²) in [6.07, 6.45) is 0. The maximum Gasteiger partial charge on any atom is 0.205 e. The number of nitrogens with zero attached hydrogens (tertiary/aromatic N) is 1. The molecule has 148 valence electrons. The Kier molecular flexibility index (Phi) is 5.74. The number of hydrogen-bond donors (Lipinski definition) is 0. The lowest BCUT2D eigenvalue weighted by atomic mass is 10.0. The van der Waals surface area contributed by atoms with Crippen molar-refractivity contribution in [3.8, 4) is 0 Å². The van der Waals surface area contributed by atoms with Crippen molar-refractivity contribution in [2.24, 2.45) is 0 Å². The van der Waals surface area contributed by atoms with Crippen molar-refractivity contribution in [1.82, 2.24) is 4.67 Å². The Balaban J connectivity index is 1.41. The van der Waals surface area contributed by atoms with E-state index in [9.17, 15) is 0 Å². The molecule has 1 spiro atoms. The van der Waals surface area contributed by atoms with Gasteiger partial charge in [0.2, 0.25) is 8.38 Å². The minimum absolute atomic E-state index is 0.259. The smallest absolute Gasteiger partial charge is 0.205 e. The first-order chi connectivity index (χ1) is 14.3. The molecule has 5 rings (SSSR count). The monoisotopic (exact) mass is 423 g/mol. The second-order valence-electron chi connectivity index (χ2n) is 7.29. The molecular formula is C23H23NO3P2. The van der Waals surface area contributed by atoms with Gasteiger partial charge in [0.15, 0.2) is 0 Å². The van der Waals surface area contributed by atoms with E-state index < -0.39 is 16.7 Å². The molecule has 6 heteroatoms. The zero-order chi connectivity index (χ0) is 19.5. The van der Waals surface area contributed by atoms with Crippen molar-refractivity contribution in [1.29, 1.82) is 0 Å². The summed E-state index contributed by atoms with van der Waals surface area (Å²) in [6.45, 7) is 2.67. The lowest BCUT2D eigenvalue weighted by molar-refractivity contribution is 0.0206. The summed E-state index contributed by atoms with van der Waals surface area (Å²) in [5, 5.41) is 2.35. The molecule has 29 heavy (non-hydrogen) atoms. The second-order valence-corrected chi connectivity index (χ2v) is 10.6. The molecule has 3 aromatic carbocycles. The second kappa shape index (κ2) is 8.62. The summed E-state index contributed by atoms with van der Waals surface area (Å²) >= 11 is 0. The fraction of sp³-hybridized carbons (Fsp3) is 0.217. The summed E-state index contributed by atoms with van der Waals surface area (Å²) in [4.78, 5) is 0. The van der Waals surface area contributed by atoms with Crippen LogP contribution in [0.1, 0.15) is 5.56 Å². The molecule has 4 nitrogen and oxygen atoms in total. The Morgan fingerprint density at radius 2 is 1.17 bits per heavy atom. The fourth-order valence-electron chi connectivity index (χ4n) is 3.64. The predicted octanol–water partition coefficient (Wildman–Crippen LogP) is 4.58. The van der Waals surface area contributed by atoms with Gasteiger partial charge in [0.1, 0.15) is 8.30 Å². The molecule has 0 bridgehead atoms. The van der Waals surface area contributed by atoms with Crippen LogP contribution in [0.25, 0.3) is 0 Å². The van der Waals surface area contributed by atoms with Crippen molar-refractivity contribution in [2.75, 3.05) is 19.8 Å². The summed E-state index contributed by atoms with van der Waals surface area (Å²) in [6, 6.07) is 31.3. The fourth-order valence-corrected chi connectivity index (χ4v) is 7.35. The molecule has 0 radical (unpaired) electrons. The van der Waals surface area contributed by atoms with Crippen molar-refractivity contribution >= 4 is 27.3 Å². The van der Waals surface area contributed by atoms with E-state index in [1.165, 1.54) is 10.9 Å². The Morgan fingerprint density at radius 3 is 1.79 bits per heavy atom. The molecule has 0 amide bonds. The van der Waals surface area contributed by atoms with Crippen LogP contribution < -0.4 is 10.6 Å². The van der Waals surface area contributed by atoms with Crippen molar-refractivity contribution < 1.29 is 13.6 Å². The van der Waals surface area contributed by atoms with Gasteiger partial charge in [-0.3, -0.25) is 0 Å². The van der Waals surface area contributed by atoms with E-state index in [1.807, 2.05) is 24.3 Å². The highest BCUT2D eigenvalue weighted by atomic mass is 31.2. The van der Waals surface area contributed by atoms with Crippen LogP contribution in [0.3, 0.4) is 0 Å². The standard InChI is InChI=1S/C23H23NO3P2/c1-4-10-20(11-5-1)16-24-23(17-25-28(24)21-12-6-2-7-13-21)18-26-29(27-19-23)22-14-8-3-9-15-22/h1-15H,16-19H2. The minimum Gasteiger partial charge on any atom is -0.337 e. The quantitative estimate of drug-likeness (QED) is 0.575. The Bertz CT molecular complexity index is 919. The van der Waals surface area contributed by atoms with Crippen LogP contribution in [0.15, 0.2) is 91.0 Å². The van der Waals surface area contributed by atoms with Gasteiger partial charge in [0, 0.05) is 17.2 Å². The third-order valence-corrected chi connectivity index (χ3v) is 8.81. The van der Waals surface area contributed by atoms with Crippen LogP contribution in [0, 0.1) is 0 Å². The van der Waals surface area contributed by atoms with E-state index in [0.29, 0.717) is 19.8 Å². The first-order valence-corrected chi connectivity index (χ1v) is 12.1. The first-order valence-electron chi connectivity index (χ1n) is 9.75. The Hall–Kier alpha value is -1.64. The molecule has 1 atom stereocenters. The van der Waals surface area contributed by atoms with Crippen molar-refractivity contribution in [3.05, 3.63) is 96.6 Å². The number of rotatable bonds is 4. The first kappa shape index (κ1) is 19.3. The number of benzene rings is 3. The average molecular weight is 423 g/mol. The Labute approximate surface area is 174 Å². The summed E-state index contributed by atoms with van der Waals surface area (Å²) in [5.74, 6) is 0. The zero-order valence-corrected chi connectivity index (χ0v) is 17.8. The molecule has 1 unspecified atom stereocenters. The van der Waals surface area contributed by atoms with Crippen LogP contribution >= 0.6 is 16.7 Å². The van der Waals surface area contributed by atoms with Gasteiger partial charge in [0.05, 0.1) is 25.4 Å². The van der Waals surface area contributed by atoms with Crippen molar-refractivity contribution in [3.63, 3.8) is 0 Å². The Morgan fingerprint density at radius 1 is 0.655 bits per heavy atom. The number of hydrogen-bond acceptors (Lipinski definition) is 4. The molecule has 2 aliphatic heterocycles. The highest BCUT2D eigenvalue weighted by Crippen LogP contribution is 2.56. The molecule has 2 aliphatic rings. The van der Waals surface area contributed by atoms with E-state index in [4.69, 9.17) is 13.6 Å². The van der Waals surface area contributed by atoms with E-state index >= 15 is 0 Å². The normalized spacial score (nSPS) is 27.3. The zero-order valence-electron chi connectivity index (χ0n) is 16.1. The molecule has 2 heterocycles. The van der Waals surface area contributed by atoms with Crippen LogP contribution in [0.4, 0.5) is 0 Å². The van der Waals surface area contributed by atoms with E-state index in [0.717, 1.165) is 11.8 Å². The van der Waals surface area contributed by atoms with Gasteiger partial charge in [-0.1, -0.05) is 78.9 Å². The minimum atomic E-state index is -1.03. The van der Waals surface area contributed by atoms with Gasteiger partial charge in [-0.05, 0) is 17.7 Å². The third kappa shape index (κ3) is 4.02. The summed E-state index contributed by atoms with van der Waals surface area (Å²) < 4.78 is 21.4. The summed E-state index contributed by atoms with van der Waals surface area (Å²) in [5.41, 5.74) is 1.02. The lowest BCUT2D eigenvalue weighted by Gasteiger charge is -2.42. The van der Waals surface area contributed by atoms with Gasteiger partial charge in [0.25, 0.3) is 0 Å². The van der Waals surface area contributed by atoms with Gasteiger partial charge in [-0.25, -0.2) is 4.67 Å². The molecule has 2 saturated heterocycles. The van der Waals surface area contributed by atoms with Crippen LogP contribution in [-0.4, -0.2) is 30.0 Å². The van der Waals surface area contributed by atoms with E-state index in [2.05, 4.69) is 71.4 Å². The van der Waals surface area contributed by atoms with E-state index in [-0.39, 0.29) is 5.54 Å². The molecule has 0 N–H and O–H groups in total. The topological polar surface area (TPSA) is 30.9 Å². The molecule has 2 fully saturated rings. The molecule has 0 aliphatic carbocycles. The highest BCUT2D eigenvalue weighted by molar-refractivity contribution is 7.58. The van der Waals surface area contributed by atoms with Crippen LogP contribution in [0.5, 0.6) is 0 Å². The van der Waals surface area contributed by atoms with Gasteiger partial charge < -0.3 is 13.6 Å². The predicted molar refractivity (Wildman–Crippen MR) is 119 cm³/mol. The SMILES string of the molecule is c1ccc(CN2P(c3ccccc3)OCC23COP(c2ccccc2)OC3)cc1. The van der Waals surface area contributed by atoms with Crippen LogP contribution in [0.2, 0.25) is 0 Å². The maximum absolute atomic E-state index is 6.40. The van der Waals surface area contributed by atoms with Crippen molar-refractivity contribution in [2.45, 2.75) is 12.1 Å². The molecule has 0 aromatic heterocycles. The van der Waals surface area contributed by atoms with Crippen LogP contribution in [-0.2, 0) is 20.1 Å². The van der Waals surface area contributed by atoms with E-state index in [1.54, 1.807) is 0 Å². The van der Waals surface area contributed by atoms with Gasteiger partial charge >= 0.3 is 0 Å². The highest BCUT2D eigenvalue weighted by Gasteiger charge is 2.52. The third-order valence-electron chi connectivity index (χ3n) is 5.24. The maximum atomic E-state index is 6.40. The van der Waals surface area contributed by atoms with Gasteiger partial charge in [-0.2, -0.15) is 0 Å².